The highest BCUT2D eigenvalue weighted by Gasteiger charge is 2.54. The second kappa shape index (κ2) is 6.68. The lowest BCUT2D eigenvalue weighted by molar-refractivity contribution is -0.135. The molecule has 4 nitrogen and oxygen atoms in total. The summed E-state index contributed by atoms with van der Waals surface area (Å²) in [5, 5.41) is 0.491. The fourth-order valence-corrected chi connectivity index (χ4v) is 6.30. The van der Waals surface area contributed by atoms with Crippen molar-refractivity contribution in [2.45, 2.75) is 55.1 Å². The van der Waals surface area contributed by atoms with Gasteiger partial charge in [0, 0.05) is 18.1 Å². The Hall–Kier alpha value is -1.07. The van der Waals surface area contributed by atoms with Crippen LogP contribution in [0.1, 0.15) is 45.4 Å². The molecule has 3 rings (SSSR count). The van der Waals surface area contributed by atoms with Gasteiger partial charge in [0.25, 0.3) is 0 Å². The quantitative estimate of drug-likeness (QED) is 0.816. The third-order valence-electron chi connectivity index (χ3n) is 5.38. The van der Waals surface area contributed by atoms with Crippen molar-refractivity contribution in [2.75, 3.05) is 13.1 Å². The summed E-state index contributed by atoms with van der Waals surface area (Å²) in [6.45, 7) is 3.45. The maximum atomic E-state index is 13.3. The summed E-state index contributed by atoms with van der Waals surface area (Å²) in [5.74, 6) is 0.237. The number of halogens is 1. The Bertz CT molecular complexity index is 708. The molecule has 1 saturated carbocycles. The SMILES string of the molecule is CC1CCCN(C(=O)C2(S(=O)(=O)c3ccc(Cl)cc3)CCCC2)C1. The molecule has 0 bridgehead atoms. The molecule has 1 aliphatic heterocycles. The fourth-order valence-electron chi connectivity index (χ4n) is 4.05. The lowest BCUT2D eigenvalue weighted by Gasteiger charge is -2.38. The van der Waals surface area contributed by atoms with E-state index in [-0.39, 0.29) is 10.8 Å². The van der Waals surface area contributed by atoms with Crippen molar-refractivity contribution in [1.82, 2.24) is 4.90 Å². The first-order chi connectivity index (χ1) is 11.4. The van der Waals surface area contributed by atoms with Crippen molar-refractivity contribution in [3.63, 3.8) is 0 Å². The molecule has 0 N–H and O–H groups in total. The van der Waals surface area contributed by atoms with Crippen LogP contribution in [0, 0.1) is 5.92 Å². The standard InChI is InChI=1S/C18H24ClNO3S/c1-14-5-4-12-20(13-14)17(21)18(10-2-3-11-18)24(22,23)16-8-6-15(19)7-9-16/h6-9,14H,2-5,10-13H2,1H3. The smallest absolute Gasteiger partial charge is 0.244 e. The number of hydrogen-bond acceptors (Lipinski definition) is 3. The number of carbonyl (C=O) groups excluding carboxylic acids is 1. The van der Waals surface area contributed by atoms with Crippen LogP contribution in [-0.4, -0.2) is 37.1 Å². The molecule has 132 valence electrons. The van der Waals surface area contributed by atoms with Gasteiger partial charge in [0.1, 0.15) is 0 Å². The van der Waals surface area contributed by atoms with Crippen molar-refractivity contribution in [3.8, 4) is 0 Å². The molecule has 1 aromatic carbocycles. The molecule has 1 unspecified atom stereocenters. The molecule has 1 amide bonds. The first kappa shape index (κ1) is 17.7. The van der Waals surface area contributed by atoms with E-state index in [0.717, 1.165) is 25.7 Å². The molecule has 6 heteroatoms. The van der Waals surface area contributed by atoms with Crippen molar-refractivity contribution in [3.05, 3.63) is 29.3 Å². The molecule has 1 aromatic rings. The summed E-state index contributed by atoms with van der Waals surface area (Å²) in [6, 6.07) is 6.18. The van der Waals surface area contributed by atoms with Crippen LogP contribution in [0.15, 0.2) is 29.2 Å². The van der Waals surface area contributed by atoms with Crippen molar-refractivity contribution >= 4 is 27.3 Å². The van der Waals surface area contributed by atoms with E-state index in [0.29, 0.717) is 36.9 Å². The zero-order chi connectivity index (χ0) is 17.4. The summed E-state index contributed by atoms with van der Waals surface area (Å²) in [6.07, 6.45) is 4.44. The summed E-state index contributed by atoms with van der Waals surface area (Å²) >= 11 is 5.89. The van der Waals surface area contributed by atoms with Gasteiger partial charge in [-0.1, -0.05) is 31.4 Å². The Morgan fingerprint density at radius 1 is 1.17 bits per heavy atom. The van der Waals surface area contributed by atoms with E-state index in [1.807, 2.05) is 0 Å². The minimum absolute atomic E-state index is 0.193. The van der Waals surface area contributed by atoms with Crippen LogP contribution in [0.2, 0.25) is 5.02 Å². The van der Waals surface area contributed by atoms with Crippen LogP contribution in [0.4, 0.5) is 0 Å². The van der Waals surface area contributed by atoms with Crippen LogP contribution < -0.4 is 0 Å². The fraction of sp³-hybridized carbons (Fsp3) is 0.611. The van der Waals surface area contributed by atoms with E-state index in [9.17, 15) is 13.2 Å². The number of benzene rings is 1. The van der Waals surface area contributed by atoms with E-state index >= 15 is 0 Å². The highest BCUT2D eigenvalue weighted by molar-refractivity contribution is 7.93. The van der Waals surface area contributed by atoms with Crippen LogP contribution in [0.5, 0.6) is 0 Å². The summed E-state index contributed by atoms with van der Waals surface area (Å²) in [4.78, 5) is 15.3. The molecule has 1 saturated heterocycles. The first-order valence-electron chi connectivity index (χ1n) is 8.66. The molecule has 1 heterocycles. The van der Waals surface area contributed by atoms with Gasteiger partial charge in [-0.15, -0.1) is 0 Å². The van der Waals surface area contributed by atoms with Gasteiger partial charge in [-0.2, -0.15) is 0 Å². The largest absolute Gasteiger partial charge is 0.341 e. The molecular weight excluding hydrogens is 346 g/mol. The highest BCUT2D eigenvalue weighted by Crippen LogP contribution is 2.42. The van der Waals surface area contributed by atoms with Gasteiger partial charge in [-0.05, 0) is 55.9 Å². The summed E-state index contributed by atoms with van der Waals surface area (Å²) < 4.78 is 25.4. The van der Waals surface area contributed by atoms with Gasteiger partial charge in [0.05, 0.1) is 4.90 Å². The van der Waals surface area contributed by atoms with Gasteiger partial charge in [-0.25, -0.2) is 8.42 Å². The van der Waals surface area contributed by atoms with Crippen LogP contribution >= 0.6 is 11.6 Å². The maximum Gasteiger partial charge on any atom is 0.244 e. The minimum atomic E-state index is -3.73. The Kier molecular flexibility index (Phi) is 4.94. The van der Waals surface area contributed by atoms with Gasteiger partial charge in [-0.3, -0.25) is 4.79 Å². The van der Waals surface area contributed by atoms with E-state index in [2.05, 4.69) is 6.92 Å². The van der Waals surface area contributed by atoms with E-state index in [1.54, 1.807) is 17.0 Å². The number of sulfone groups is 1. The van der Waals surface area contributed by atoms with Crippen LogP contribution in [0.25, 0.3) is 0 Å². The van der Waals surface area contributed by atoms with E-state index in [4.69, 9.17) is 11.6 Å². The lowest BCUT2D eigenvalue weighted by atomic mass is 9.97. The number of likely N-dealkylation sites (tertiary alicyclic amines) is 1. The Labute approximate surface area is 149 Å². The number of rotatable bonds is 3. The zero-order valence-electron chi connectivity index (χ0n) is 14.0. The third kappa shape index (κ3) is 2.97. The molecule has 1 aliphatic carbocycles. The number of piperidine rings is 1. The van der Waals surface area contributed by atoms with Gasteiger partial charge in [0.15, 0.2) is 14.6 Å². The number of nitrogens with zero attached hydrogens (tertiary/aromatic N) is 1. The van der Waals surface area contributed by atoms with Gasteiger partial charge < -0.3 is 4.90 Å². The van der Waals surface area contributed by atoms with Crippen molar-refractivity contribution < 1.29 is 13.2 Å². The Morgan fingerprint density at radius 3 is 2.38 bits per heavy atom. The molecular formula is C18H24ClNO3S. The summed E-state index contributed by atoms with van der Waals surface area (Å²) in [7, 11) is -3.73. The minimum Gasteiger partial charge on any atom is -0.341 e. The Morgan fingerprint density at radius 2 is 1.79 bits per heavy atom. The highest BCUT2D eigenvalue weighted by atomic mass is 35.5. The second-order valence-corrected chi connectivity index (χ2v) is 9.85. The van der Waals surface area contributed by atoms with E-state index < -0.39 is 14.6 Å². The lowest BCUT2D eigenvalue weighted by Crippen LogP contribution is -2.54. The van der Waals surface area contributed by atoms with Crippen molar-refractivity contribution in [2.24, 2.45) is 5.92 Å². The first-order valence-corrected chi connectivity index (χ1v) is 10.5. The molecule has 2 fully saturated rings. The number of carbonyl (C=O) groups is 1. The maximum absolute atomic E-state index is 13.3. The molecule has 0 spiro atoms. The number of hydrogen-bond donors (Lipinski definition) is 0. The van der Waals surface area contributed by atoms with Crippen molar-refractivity contribution in [1.29, 1.82) is 0 Å². The summed E-state index contributed by atoms with van der Waals surface area (Å²) in [5.41, 5.74) is 0. The monoisotopic (exact) mass is 369 g/mol. The normalized spacial score (nSPS) is 24.1. The van der Waals surface area contributed by atoms with E-state index in [1.165, 1.54) is 12.1 Å². The average Bonchev–Trinajstić information content (AvgIpc) is 3.06. The molecule has 2 aliphatic rings. The topological polar surface area (TPSA) is 54.5 Å². The van der Waals surface area contributed by atoms with Gasteiger partial charge >= 0.3 is 0 Å². The second-order valence-electron chi connectivity index (χ2n) is 7.16. The molecule has 0 aromatic heterocycles. The van der Waals surface area contributed by atoms with Crippen LogP contribution in [0.3, 0.4) is 0 Å². The Balaban J connectivity index is 1.98. The molecule has 0 radical (unpaired) electrons. The zero-order valence-corrected chi connectivity index (χ0v) is 15.6. The van der Waals surface area contributed by atoms with Gasteiger partial charge in [0.2, 0.25) is 5.91 Å². The third-order valence-corrected chi connectivity index (χ3v) is 8.14. The molecule has 24 heavy (non-hydrogen) atoms. The predicted octanol–water partition coefficient (Wildman–Crippen LogP) is 3.69. The van der Waals surface area contributed by atoms with Crippen LogP contribution in [-0.2, 0) is 14.6 Å². The molecule has 1 atom stereocenters. The average molecular weight is 370 g/mol. The predicted molar refractivity (Wildman–Crippen MR) is 94.8 cm³/mol. The number of amides is 1.